The number of rotatable bonds is 6. The van der Waals surface area contributed by atoms with E-state index in [0.29, 0.717) is 17.9 Å². The van der Waals surface area contributed by atoms with Gasteiger partial charge in [-0.15, -0.1) is 0 Å². The number of para-hydroxylation sites is 1. The lowest BCUT2D eigenvalue weighted by molar-refractivity contribution is -0.126. The number of nitrogens with zero attached hydrogens (tertiary/aromatic N) is 1. The van der Waals surface area contributed by atoms with E-state index in [1.807, 2.05) is 6.07 Å². The molecule has 5 heteroatoms. The molecule has 1 N–H and O–H groups in total. The average molecular weight is 274 g/mol. The minimum absolute atomic E-state index is 0.0987. The van der Waals surface area contributed by atoms with E-state index in [4.69, 9.17) is 14.7 Å². The zero-order chi connectivity index (χ0) is 14.4. The lowest BCUT2D eigenvalue weighted by atomic mass is 9.80. The molecule has 0 radical (unpaired) electrons. The first-order valence-electron chi connectivity index (χ1n) is 6.63. The molecule has 1 aromatic rings. The topological polar surface area (TPSA) is 71.3 Å². The summed E-state index contributed by atoms with van der Waals surface area (Å²) in [6.45, 7) is 0.407. The molecule has 1 saturated carbocycles. The Morgan fingerprint density at radius 2 is 2.20 bits per heavy atom. The molecule has 0 unspecified atom stereocenters. The molecule has 0 bridgehead atoms. The van der Waals surface area contributed by atoms with Gasteiger partial charge in [-0.3, -0.25) is 4.79 Å². The van der Waals surface area contributed by atoms with E-state index >= 15 is 0 Å². The van der Waals surface area contributed by atoms with E-state index in [0.717, 1.165) is 19.3 Å². The zero-order valence-corrected chi connectivity index (χ0v) is 11.5. The first kappa shape index (κ1) is 14.4. The lowest BCUT2D eigenvalue weighted by Crippen LogP contribution is -2.50. The van der Waals surface area contributed by atoms with E-state index in [-0.39, 0.29) is 18.1 Å². The standard InChI is InChI=1S/C15H18N2O3/c1-19-15(7-4-8-15)11-17-14(18)10-20-13-6-3-2-5-12(13)9-16/h2-3,5-6H,4,7-8,10-11H2,1H3,(H,17,18). The molecule has 2 rings (SSSR count). The summed E-state index contributed by atoms with van der Waals surface area (Å²) < 4.78 is 10.8. The van der Waals surface area contributed by atoms with Crippen LogP contribution in [0.25, 0.3) is 0 Å². The predicted molar refractivity (Wildman–Crippen MR) is 73.3 cm³/mol. The van der Waals surface area contributed by atoms with Crippen molar-refractivity contribution in [3.05, 3.63) is 29.8 Å². The molecule has 0 saturated heterocycles. The number of ether oxygens (including phenoxy) is 2. The van der Waals surface area contributed by atoms with Gasteiger partial charge in [-0.25, -0.2) is 0 Å². The van der Waals surface area contributed by atoms with Gasteiger partial charge in [0.2, 0.25) is 0 Å². The summed E-state index contributed by atoms with van der Waals surface area (Å²) in [5, 5.41) is 11.7. The summed E-state index contributed by atoms with van der Waals surface area (Å²) >= 11 is 0. The third kappa shape index (κ3) is 3.28. The minimum Gasteiger partial charge on any atom is -0.482 e. The second kappa shape index (κ2) is 6.40. The average Bonchev–Trinajstić information content (AvgIpc) is 2.44. The molecule has 1 amide bonds. The highest BCUT2D eigenvalue weighted by Crippen LogP contribution is 2.34. The Bertz CT molecular complexity index is 513. The van der Waals surface area contributed by atoms with E-state index < -0.39 is 0 Å². The van der Waals surface area contributed by atoms with Crippen LogP contribution in [0.5, 0.6) is 5.75 Å². The molecule has 1 aromatic carbocycles. The van der Waals surface area contributed by atoms with E-state index in [9.17, 15) is 4.79 Å². The van der Waals surface area contributed by atoms with Crippen molar-refractivity contribution >= 4 is 5.91 Å². The number of nitrogens with one attached hydrogen (secondary N) is 1. The molecule has 5 nitrogen and oxygen atoms in total. The SMILES string of the molecule is COC1(CNC(=O)COc2ccccc2C#N)CCC1. The van der Waals surface area contributed by atoms with E-state index in [2.05, 4.69) is 5.32 Å². The Balaban J connectivity index is 1.79. The van der Waals surface area contributed by atoms with Crippen molar-refractivity contribution in [1.29, 1.82) is 5.26 Å². The number of benzene rings is 1. The van der Waals surface area contributed by atoms with Gasteiger partial charge >= 0.3 is 0 Å². The molecule has 0 heterocycles. The molecule has 0 aliphatic heterocycles. The number of methoxy groups -OCH3 is 1. The maximum atomic E-state index is 11.7. The summed E-state index contributed by atoms with van der Waals surface area (Å²) in [5.41, 5.74) is 0.230. The third-order valence-electron chi connectivity index (χ3n) is 3.67. The Kier molecular flexibility index (Phi) is 4.59. The summed E-state index contributed by atoms with van der Waals surface area (Å²) in [6, 6.07) is 8.88. The normalized spacial score (nSPS) is 15.8. The predicted octanol–water partition coefficient (Wildman–Crippen LogP) is 1.62. The largest absolute Gasteiger partial charge is 0.482 e. The van der Waals surface area contributed by atoms with Gasteiger partial charge in [0.15, 0.2) is 6.61 Å². The first-order chi connectivity index (χ1) is 9.69. The van der Waals surface area contributed by atoms with Gasteiger partial charge in [-0.1, -0.05) is 12.1 Å². The van der Waals surface area contributed by atoms with Crippen LogP contribution in [0.1, 0.15) is 24.8 Å². The summed E-state index contributed by atoms with van der Waals surface area (Å²) in [6.07, 6.45) is 3.08. The van der Waals surface area contributed by atoms with Crippen LogP contribution in [0, 0.1) is 11.3 Å². The van der Waals surface area contributed by atoms with Crippen LogP contribution in [0.4, 0.5) is 0 Å². The van der Waals surface area contributed by atoms with Crippen molar-refractivity contribution < 1.29 is 14.3 Å². The van der Waals surface area contributed by atoms with Gasteiger partial charge in [0.25, 0.3) is 5.91 Å². The summed E-state index contributed by atoms with van der Waals surface area (Å²) in [4.78, 5) is 11.7. The Morgan fingerprint density at radius 3 is 2.80 bits per heavy atom. The van der Waals surface area contributed by atoms with Crippen LogP contribution in [0.2, 0.25) is 0 Å². The highest BCUT2D eigenvalue weighted by molar-refractivity contribution is 5.77. The molecule has 1 fully saturated rings. The molecule has 0 spiro atoms. The van der Waals surface area contributed by atoms with Gasteiger partial charge < -0.3 is 14.8 Å². The van der Waals surface area contributed by atoms with Crippen LogP contribution >= 0.6 is 0 Å². The Labute approximate surface area is 118 Å². The fourth-order valence-electron chi connectivity index (χ4n) is 2.16. The third-order valence-corrected chi connectivity index (χ3v) is 3.67. The molecular formula is C15H18N2O3. The second-order valence-corrected chi connectivity index (χ2v) is 4.91. The first-order valence-corrected chi connectivity index (χ1v) is 6.63. The number of nitriles is 1. The number of carbonyl (C=O) groups is 1. The number of hydrogen-bond acceptors (Lipinski definition) is 4. The van der Waals surface area contributed by atoms with Gasteiger partial charge in [-0.05, 0) is 31.4 Å². The molecule has 1 aliphatic rings. The van der Waals surface area contributed by atoms with Crippen LogP contribution < -0.4 is 10.1 Å². The van der Waals surface area contributed by atoms with Gasteiger partial charge in [-0.2, -0.15) is 5.26 Å². The quantitative estimate of drug-likeness (QED) is 0.855. The number of hydrogen-bond donors (Lipinski definition) is 1. The highest BCUT2D eigenvalue weighted by Gasteiger charge is 2.37. The monoisotopic (exact) mass is 274 g/mol. The van der Waals surface area contributed by atoms with Gasteiger partial charge in [0, 0.05) is 13.7 Å². The van der Waals surface area contributed by atoms with Crippen molar-refractivity contribution in [2.45, 2.75) is 24.9 Å². The molecule has 20 heavy (non-hydrogen) atoms. The van der Waals surface area contributed by atoms with Crippen LogP contribution in [0.3, 0.4) is 0 Å². The number of carbonyl (C=O) groups excluding carboxylic acids is 1. The maximum absolute atomic E-state index is 11.7. The molecule has 0 aromatic heterocycles. The number of amides is 1. The smallest absolute Gasteiger partial charge is 0.258 e. The lowest BCUT2D eigenvalue weighted by Gasteiger charge is -2.40. The summed E-state index contributed by atoms with van der Waals surface area (Å²) in [5.74, 6) is 0.219. The van der Waals surface area contributed by atoms with Gasteiger partial charge in [0.1, 0.15) is 11.8 Å². The fourth-order valence-corrected chi connectivity index (χ4v) is 2.16. The van der Waals surface area contributed by atoms with Crippen LogP contribution in [-0.4, -0.2) is 31.8 Å². The van der Waals surface area contributed by atoms with Crippen molar-refractivity contribution in [2.24, 2.45) is 0 Å². The zero-order valence-electron chi connectivity index (χ0n) is 11.5. The molecule has 0 atom stereocenters. The molecule has 1 aliphatic carbocycles. The maximum Gasteiger partial charge on any atom is 0.258 e. The van der Waals surface area contributed by atoms with Crippen molar-refractivity contribution in [3.8, 4) is 11.8 Å². The van der Waals surface area contributed by atoms with E-state index in [1.54, 1.807) is 31.4 Å². The Morgan fingerprint density at radius 1 is 1.45 bits per heavy atom. The van der Waals surface area contributed by atoms with Gasteiger partial charge in [0.05, 0.1) is 11.2 Å². The highest BCUT2D eigenvalue weighted by atomic mass is 16.5. The van der Waals surface area contributed by atoms with Crippen molar-refractivity contribution in [2.75, 3.05) is 20.3 Å². The van der Waals surface area contributed by atoms with E-state index in [1.165, 1.54) is 0 Å². The molecule has 106 valence electrons. The fraction of sp³-hybridized carbons (Fsp3) is 0.467. The van der Waals surface area contributed by atoms with Crippen LogP contribution in [-0.2, 0) is 9.53 Å². The molecular weight excluding hydrogens is 256 g/mol. The second-order valence-electron chi connectivity index (χ2n) is 4.91. The van der Waals surface area contributed by atoms with Crippen LogP contribution in [0.15, 0.2) is 24.3 Å². The minimum atomic E-state index is -0.207. The van der Waals surface area contributed by atoms with Crippen molar-refractivity contribution in [3.63, 3.8) is 0 Å². The Hall–Kier alpha value is -2.06. The van der Waals surface area contributed by atoms with Crippen molar-refractivity contribution in [1.82, 2.24) is 5.32 Å². The summed E-state index contributed by atoms with van der Waals surface area (Å²) in [7, 11) is 1.67.